The van der Waals surface area contributed by atoms with Crippen molar-refractivity contribution < 1.29 is 4.79 Å². The average Bonchev–Trinajstić information content (AvgIpc) is 2.29. The molecule has 1 aromatic rings. The van der Waals surface area contributed by atoms with E-state index in [-0.39, 0.29) is 5.91 Å². The summed E-state index contributed by atoms with van der Waals surface area (Å²) in [5.74, 6) is 1.34. The molecule has 1 fully saturated rings. The van der Waals surface area contributed by atoms with Crippen LogP contribution in [-0.2, 0) is 11.2 Å². The molecule has 1 amide bonds. The summed E-state index contributed by atoms with van der Waals surface area (Å²) in [4.78, 5) is 14.1. The van der Waals surface area contributed by atoms with Crippen molar-refractivity contribution in [3.8, 4) is 0 Å². The predicted octanol–water partition coefficient (Wildman–Crippen LogP) is 2.50. The summed E-state index contributed by atoms with van der Waals surface area (Å²) in [6.45, 7) is 6.05. The molecule has 0 spiro atoms. The van der Waals surface area contributed by atoms with Crippen molar-refractivity contribution in [3.63, 3.8) is 0 Å². The van der Waals surface area contributed by atoms with E-state index in [2.05, 4.69) is 26.0 Å². The lowest BCUT2D eigenvalue weighted by atomic mass is 10.1. The van der Waals surface area contributed by atoms with Gasteiger partial charge in [0.25, 0.3) is 0 Å². The van der Waals surface area contributed by atoms with Gasteiger partial charge in [0.15, 0.2) is 0 Å². The maximum atomic E-state index is 12.1. The van der Waals surface area contributed by atoms with Crippen molar-refractivity contribution in [1.29, 1.82) is 0 Å². The topological polar surface area (TPSA) is 20.3 Å². The molecule has 2 nitrogen and oxygen atoms in total. The van der Waals surface area contributed by atoms with Crippen LogP contribution in [-0.4, -0.2) is 34.9 Å². The zero-order valence-electron chi connectivity index (χ0n) is 10.5. The van der Waals surface area contributed by atoms with Crippen molar-refractivity contribution in [3.05, 3.63) is 35.4 Å². The van der Waals surface area contributed by atoms with Gasteiger partial charge in [-0.1, -0.05) is 36.8 Å². The Morgan fingerprint density at radius 3 is 3.06 bits per heavy atom. The van der Waals surface area contributed by atoms with E-state index < -0.39 is 0 Å². The number of benzene rings is 1. The standard InChI is InChI=1S/C14H19NOS/c1-11-4-3-5-13(8-11)9-14(16)15-6-7-17-12(2)10-15/h3-5,8,12H,6-7,9-10H2,1-2H3/t12-/m1/s1. The average molecular weight is 249 g/mol. The molecule has 1 saturated heterocycles. The highest BCUT2D eigenvalue weighted by molar-refractivity contribution is 7.99. The first-order valence-corrected chi connectivity index (χ1v) is 7.15. The van der Waals surface area contributed by atoms with E-state index in [1.807, 2.05) is 28.8 Å². The Hall–Kier alpha value is -0.960. The molecular formula is C14H19NOS. The highest BCUT2D eigenvalue weighted by Gasteiger charge is 2.21. The van der Waals surface area contributed by atoms with E-state index in [0.717, 1.165) is 24.4 Å². The minimum absolute atomic E-state index is 0.266. The number of hydrogen-bond acceptors (Lipinski definition) is 2. The molecule has 3 heteroatoms. The Morgan fingerprint density at radius 1 is 1.53 bits per heavy atom. The second kappa shape index (κ2) is 5.58. The Balaban J connectivity index is 1.96. The number of amides is 1. The van der Waals surface area contributed by atoms with Crippen molar-refractivity contribution in [1.82, 2.24) is 4.90 Å². The van der Waals surface area contributed by atoms with Gasteiger partial charge in [-0.05, 0) is 12.5 Å². The lowest BCUT2D eigenvalue weighted by Gasteiger charge is -2.30. The van der Waals surface area contributed by atoms with E-state index in [0.29, 0.717) is 11.7 Å². The summed E-state index contributed by atoms with van der Waals surface area (Å²) in [5.41, 5.74) is 2.35. The van der Waals surface area contributed by atoms with Crippen LogP contribution in [0.2, 0.25) is 0 Å². The Labute approximate surface area is 107 Å². The fourth-order valence-corrected chi connectivity index (χ4v) is 3.17. The van der Waals surface area contributed by atoms with Crippen molar-refractivity contribution >= 4 is 17.7 Å². The van der Waals surface area contributed by atoms with Crippen LogP contribution in [0.5, 0.6) is 0 Å². The van der Waals surface area contributed by atoms with E-state index in [1.54, 1.807) is 0 Å². The molecule has 0 N–H and O–H groups in total. The van der Waals surface area contributed by atoms with Crippen molar-refractivity contribution in [2.45, 2.75) is 25.5 Å². The fraction of sp³-hybridized carbons (Fsp3) is 0.500. The maximum absolute atomic E-state index is 12.1. The molecule has 0 unspecified atom stereocenters. The van der Waals surface area contributed by atoms with Crippen LogP contribution in [0.4, 0.5) is 0 Å². The number of nitrogens with zero attached hydrogens (tertiary/aromatic N) is 1. The summed E-state index contributed by atoms with van der Waals surface area (Å²) in [6, 6.07) is 8.22. The molecule has 0 saturated carbocycles. The third kappa shape index (κ3) is 3.50. The molecule has 1 aromatic carbocycles. The summed E-state index contributed by atoms with van der Waals surface area (Å²) in [7, 11) is 0. The van der Waals surface area contributed by atoms with Crippen LogP contribution in [0.1, 0.15) is 18.1 Å². The van der Waals surface area contributed by atoms with Gasteiger partial charge in [0.1, 0.15) is 0 Å². The van der Waals surface area contributed by atoms with Gasteiger partial charge >= 0.3 is 0 Å². The van der Waals surface area contributed by atoms with Gasteiger partial charge < -0.3 is 4.90 Å². The molecule has 92 valence electrons. The SMILES string of the molecule is Cc1cccc(CC(=O)N2CCS[C@H](C)C2)c1. The van der Waals surface area contributed by atoms with Crippen LogP contribution < -0.4 is 0 Å². The number of carbonyl (C=O) groups is 1. The van der Waals surface area contributed by atoms with Gasteiger partial charge in [0, 0.05) is 24.1 Å². The number of aryl methyl sites for hydroxylation is 1. The zero-order chi connectivity index (χ0) is 12.3. The molecule has 0 radical (unpaired) electrons. The summed E-state index contributed by atoms with van der Waals surface area (Å²) in [6.07, 6.45) is 0.541. The van der Waals surface area contributed by atoms with Crippen LogP contribution >= 0.6 is 11.8 Å². The molecule has 2 rings (SSSR count). The number of hydrogen-bond donors (Lipinski definition) is 0. The maximum Gasteiger partial charge on any atom is 0.227 e. The molecule has 0 aliphatic carbocycles. The van der Waals surface area contributed by atoms with E-state index >= 15 is 0 Å². The lowest BCUT2D eigenvalue weighted by Crippen LogP contribution is -2.41. The van der Waals surface area contributed by atoms with E-state index in [4.69, 9.17) is 0 Å². The largest absolute Gasteiger partial charge is 0.340 e. The first kappa shape index (κ1) is 12.5. The van der Waals surface area contributed by atoms with Crippen LogP contribution in [0.15, 0.2) is 24.3 Å². The quantitative estimate of drug-likeness (QED) is 0.802. The normalized spacial score (nSPS) is 20.4. The number of rotatable bonds is 2. The van der Waals surface area contributed by atoms with E-state index in [9.17, 15) is 4.79 Å². The molecule has 1 heterocycles. The Morgan fingerprint density at radius 2 is 2.35 bits per heavy atom. The molecule has 1 aliphatic rings. The molecule has 0 bridgehead atoms. The third-order valence-corrected chi connectivity index (χ3v) is 4.17. The van der Waals surface area contributed by atoms with Gasteiger partial charge in [-0.25, -0.2) is 0 Å². The van der Waals surface area contributed by atoms with Gasteiger partial charge in [0.2, 0.25) is 5.91 Å². The fourth-order valence-electron chi connectivity index (χ4n) is 2.15. The van der Waals surface area contributed by atoms with Gasteiger partial charge in [-0.2, -0.15) is 11.8 Å². The molecular weight excluding hydrogens is 230 g/mol. The molecule has 1 aliphatic heterocycles. The minimum atomic E-state index is 0.266. The summed E-state index contributed by atoms with van der Waals surface area (Å²) in [5, 5.41) is 0.574. The Kier molecular flexibility index (Phi) is 4.11. The minimum Gasteiger partial charge on any atom is -0.340 e. The monoisotopic (exact) mass is 249 g/mol. The molecule has 17 heavy (non-hydrogen) atoms. The van der Waals surface area contributed by atoms with Crippen molar-refractivity contribution in [2.75, 3.05) is 18.8 Å². The lowest BCUT2D eigenvalue weighted by molar-refractivity contribution is -0.130. The zero-order valence-corrected chi connectivity index (χ0v) is 11.3. The highest BCUT2D eigenvalue weighted by Crippen LogP contribution is 2.18. The Bertz CT molecular complexity index is 405. The van der Waals surface area contributed by atoms with Gasteiger partial charge in [-0.3, -0.25) is 4.79 Å². The smallest absolute Gasteiger partial charge is 0.227 e. The van der Waals surface area contributed by atoms with Gasteiger partial charge in [0.05, 0.1) is 6.42 Å². The van der Waals surface area contributed by atoms with E-state index in [1.165, 1.54) is 5.56 Å². The third-order valence-electron chi connectivity index (χ3n) is 3.03. The van der Waals surface area contributed by atoms with Crippen molar-refractivity contribution in [2.24, 2.45) is 0 Å². The molecule has 0 aromatic heterocycles. The second-order valence-electron chi connectivity index (χ2n) is 4.69. The van der Waals surface area contributed by atoms with Gasteiger partial charge in [-0.15, -0.1) is 0 Å². The highest BCUT2D eigenvalue weighted by atomic mass is 32.2. The predicted molar refractivity (Wildman–Crippen MR) is 73.4 cm³/mol. The number of carbonyl (C=O) groups excluding carboxylic acids is 1. The first-order chi connectivity index (χ1) is 8.15. The molecule has 1 atom stereocenters. The summed E-state index contributed by atoms with van der Waals surface area (Å²) < 4.78 is 0. The number of thioether (sulfide) groups is 1. The van der Waals surface area contributed by atoms with Crippen LogP contribution in [0.25, 0.3) is 0 Å². The summed E-state index contributed by atoms with van der Waals surface area (Å²) >= 11 is 1.95. The van der Waals surface area contributed by atoms with Crippen LogP contribution in [0, 0.1) is 6.92 Å². The van der Waals surface area contributed by atoms with Crippen LogP contribution in [0.3, 0.4) is 0 Å². The second-order valence-corrected chi connectivity index (χ2v) is 6.23. The first-order valence-electron chi connectivity index (χ1n) is 6.10.